The van der Waals surface area contributed by atoms with E-state index in [4.69, 9.17) is 0 Å². The summed E-state index contributed by atoms with van der Waals surface area (Å²) in [4.78, 5) is 12.3. The summed E-state index contributed by atoms with van der Waals surface area (Å²) in [6.45, 7) is 11.2. The van der Waals surface area contributed by atoms with Crippen LogP contribution in [0.4, 0.5) is 0 Å². The van der Waals surface area contributed by atoms with Crippen molar-refractivity contribution in [2.75, 3.05) is 0 Å². The van der Waals surface area contributed by atoms with Gasteiger partial charge in [-0.3, -0.25) is 4.79 Å². The average molecular weight is 295 g/mol. The second-order valence-corrected chi connectivity index (χ2v) is 8.27. The zero-order valence-electron chi connectivity index (χ0n) is 15.3. The summed E-state index contributed by atoms with van der Waals surface area (Å²) in [7, 11) is 0. The summed E-state index contributed by atoms with van der Waals surface area (Å²) in [5.74, 6) is 0.827. The van der Waals surface area contributed by atoms with E-state index in [1.165, 1.54) is 57.8 Å². The van der Waals surface area contributed by atoms with Crippen LogP contribution >= 0.6 is 0 Å². The Morgan fingerprint density at radius 1 is 0.714 bits per heavy atom. The molecule has 0 aromatic carbocycles. The minimum absolute atomic E-state index is 0.225. The molecule has 0 aromatic rings. The molecule has 0 unspecified atom stereocenters. The van der Waals surface area contributed by atoms with Crippen molar-refractivity contribution in [3.63, 3.8) is 0 Å². The summed E-state index contributed by atoms with van der Waals surface area (Å²) in [6.07, 6.45) is 14.2. The first-order valence-corrected chi connectivity index (χ1v) is 9.38. The van der Waals surface area contributed by atoms with Crippen LogP contribution in [0.3, 0.4) is 0 Å². The van der Waals surface area contributed by atoms with Crippen molar-refractivity contribution in [1.29, 1.82) is 0 Å². The first kappa shape index (κ1) is 18.7. The number of carbonyl (C=O) groups excluding carboxylic acids is 1. The van der Waals surface area contributed by atoms with Crippen LogP contribution in [0.25, 0.3) is 0 Å². The van der Waals surface area contributed by atoms with Gasteiger partial charge >= 0.3 is 0 Å². The van der Waals surface area contributed by atoms with Gasteiger partial charge in [0.15, 0.2) is 0 Å². The largest absolute Gasteiger partial charge is 0.299 e. The maximum atomic E-state index is 12.3. The minimum Gasteiger partial charge on any atom is -0.299 e. The van der Waals surface area contributed by atoms with Gasteiger partial charge in [0.25, 0.3) is 0 Å². The molecule has 0 bridgehead atoms. The maximum absolute atomic E-state index is 12.3. The fraction of sp³-hybridized carbons (Fsp3) is 0.950. The average Bonchev–Trinajstić information content (AvgIpc) is 2.82. The molecular weight excluding hydrogens is 256 g/mol. The zero-order chi connectivity index (χ0) is 15.9. The lowest BCUT2D eigenvalue weighted by atomic mass is 10.0. The highest BCUT2D eigenvalue weighted by Gasteiger charge is 2.67. The van der Waals surface area contributed by atoms with Gasteiger partial charge < -0.3 is 0 Å². The number of ketones is 1. The second kappa shape index (κ2) is 8.34. The van der Waals surface area contributed by atoms with Crippen LogP contribution < -0.4 is 0 Å². The summed E-state index contributed by atoms with van der Waals surface area (Å²) in [6, 6.07) is 0. The predicted molar refractivity (Wildman–Crippen MR) is 92.5 cm³/mol. The summed E-state index contributed by atoms with van der Waals surface area (Å²) in [5.41, 5.74) is 0.450. The lowest BCUT2D eigenvalue weighted by Crippen LogP contribution is -2.06. The smallest absolute Gasteiger partial charge is 0.137 e. The van der Waals surface area contributed by atoms with Crippen LogP contribution in [0, 0.1) is 16.7 Å². The number of rotatable bonds is 12. The molecule has 21 heavy (non-hydrogen) atoms. The third-order valence-corrected chi connectivity index (χ3v) is 6.12. The molecule has 0 N–H and O–H groups in total. The van der Waals surface area contributed by atoms with Gasteiger partial charge in [-0.1, -0.05) is 92.4 Å². The van der Waals surface area contributed by atoms with E-state index in [2.05, 4.69) is 34.6 Å². The normalized spacial score (nSPS) is 19.7. The standard InChI is InChI=1S/C20H38O/c1-6-7-8-9-10-11-12-13-14-15-16-17(21)18-19(2,3)20(18,4)5/h18H,6-16H2,1-5H3. The molecule has 0 spiro atoms. The monoisotopic (exact) mass is 294 g/mol. The van der Waals surface area contributed by atoms with Crippen LogP contribution in [0.5, 0.6) is 0 Å². The van der Waals surface area contributed by atoms with Crippen molar-refractivity contribution in [3.8, 4) is 0 Å². The Morgan fingerprint density at radius 2 is 1.10 bits per heavy atom. The summed E-state index contributed by atoms with van der Waals surface area (Å²) in [5, 5.41) is 0. The van der Waals surface area contributed by atoms with Crippen molar-refractivity contribution >= 4 is 5.78 Å². The van der Waals surface area contributed by atoms with E-state index in [1.54, 1.807) is 0 Å². The Bertz CT molecular complexity index is 300. The molecule has 0 saturated heterocycles. The number of hydrogen-bond donors (Lipinski definition) is 0. The highest BCUT2D eigenvalue weighted by Crippen LogP contribution is 2.68. The molecule has 0 heterocycles. The van der Waals surface area contributed by atoms with Crippen molar-refractivity contribution in [3.05, 3.63) is 0 Å². The van der Waals surface area contributed by atoms with Crippen LogP contribution in [-0.2, 0) is 4.79 Å². The van der Waals surface area contributed by atoms with Crippen LogP contribution in [-0.4, -0.2) is 5.78 Å². The quantitative estimate of drug-likeness (QED) is 0.373. The molecule has 1 rings (SSSR count). The Kier molecular flexibility index (Phi) is 7.44. The number of unbranched alkanes of at least 4 members (excludes halogenated alkanes) is 9. The molecule has 1 fully saturated rings. The SMILES string of the molecule is CCCCCCCCCCCCC(=O)C1C(C)(C)C1(C)C. The van der Waals surface area contributed by atoms with Gasteiger partial charge in [-0.05, 0) is 17.3 Å². The van der Waals surface area contributed by atoms with Gasteiger partial charge in [0.2, 0.25) is 0 Å². The molecule has 124 valence electrons. The van der Waals surface area contributed by atoms with Crippen molar-refractivity contribution < 1.29 is 4.79 Å². The molecule has 1 heteroatoms. The predicted octanol–water partition coefficient (Wildman–Crippen LogP) is 6.55. The summed E-state index contributed by atoms with van der Waals surface area (Å²) < 4.78 is 0. The first-order valence-electron chi connectivity index (χ1n) is 9.38. The van der Waals surface area contributed by atoms with E-state index in [9.17, 15) is 4.79 Å². The van der Waals surface area contributed by atoms with E-state index < -0.39 is 0 Å². The summed E-state index contributed by atoms with van der Waals surface area (Å²) >= 11 is 0. The minimum atomic E-state index is 0.225. The lowest BCUT2D eigenvalue weighted by molar-refractivity contribution is -0.121. The molecule has 0 radical (unpaired) electrons. The van der Waals surface area contributed by atoms with Gasteiger partial charge in [-0.25, -0.2) is 0 Å². The fourth-order valence-corrected chi connectivity index (χ4v) is 3.93. The van der Waals surface area contributed by atoms with E-state index in [1.807, 2.05) is 0 Å². The van der Waals surface area contributed by atoms with Crippen molar-refractivity contribution in [2.24, 2.45) is 16.7 Å². The van der Waals surface area contributed by atoms with Gasteiger partial charge in [-0.15, -0.1) is 0 Å². The maximum Gasteiger partial charge on any atom is 0.137 e. The molecular formula is C20H38O. The van der Waals surface area contributed by atoms with E-state index in [0.717, 1.165) is 12.8 Å². The third-order valence-electron chi connectivity index (χ3n) is 6.12. The van der Waals surface area contributed by atoms with Gasteiger partial charge in [0, 0.05) is 12.3 Å². The van der Waals surface area contributed by atoms with E-state index >= 15 is 0 Å². The highest BCUT2D eigenvalue weighted by molar-refractivity contribution is 5.86. The Balaban J connectivity index is 1.95. The van der Waals surface area contributed by atoms with Crippen LogP contribution in [0.1, 0.15) is 105 Å². The van der Waals surface area contributed by atoms with Gasteiger partial charge in [-0.2, -0.15) is 0 Å². The number of hydrogen-bond acceptors (Lipinski definition) is 1. The fourth-order valence-electron chi connectivity index (χ4n) is 3.93. The van der Waals surface area contributed by atoms with Crippen molar-refractivity contribution in [2.45, 2.75) is 105 Å². The molecule has 1 aliphatic carbocycles. The van der Waals surface area contributed by atoms with Gasteiger partial charge in [0.05, 0.1) is 0 Å². The zero-order valence-corrected chi connectivity index (χ0v) is 15.3. The molecule has 1 nitrogen and oxygen atoms in total. The molecule has 1 saturated carbocycles. The van der Waals surface area contributed by atoms with E-state index in [0.29, 0.717) is 11.7 Å². The van der Waals surface area contributed by atoms with Crippen molar-refractivity contribution in [1.82, 2.24) is 0 Å². The topological polar surface area (TPSA) is 17.1 Å². The molecule has 0 aliphatic heterocycles. The van der Waals surface area contributed by atoms with Crippen LogP contribution in [0.15, 0.2) is 0 Å². The highest BCUT2D eigenvalue weighted by atomic mass is 16.1. The number of carbonyl (C=O) groups is 1. The molecule has 0 amide bonds. The lowest BCUT2D eigenvalue weighted by Gasteiger charge is -2.03. The first-order chi connectivity index (χ1) is 9.85. The molecule has 0 atom stereocenters. The third kappa shape index (κ3) is 5.11. The Labute approximate surface area is 133 Å². The molecule has 1 aliphatic rings. The molecule has 0 aromatic heterocycles. The Morgan fingerprint density at radius 3 is 1.48 bits per heavy atom. The van der Waals surface area contributed by atoms with Gasteiger partial charge in [0.1, 0.15) is 5.78 Å². The number of Topliss-reactive ketones (excluding diaryl/α,β-unsaturated/α-hetero) is 1. The second-order valence-electron chi connectivity index (χ2n) is 8.27. The van der Waals surface area contributed by atoms with Crippen LogP contribution in [0.2, 0.25) is 0 Å². The Hall–Kier alpha value is -0.330. The van der Waals surface area contributed by atoms with E-state index in [-0.39, 0.29) is 10.8 Å².